The Morgan fingerprint density at radius 2 is 1.92 bits per heavy atom. The third-order valence-electron chi connectivity index (χ3n) is 4.30. The van der Waals surface area contributed by atoms with Gasteiger partial charge in [-0.2, -0.15) is 0 Å². The number of hydrogen-bond acceptors (Lipinski definition) is 4. The molecule has 0 radical (unpaired) electrons. The number of carbonyl (C=O) groups is 3. The quantitative estimate of drug-likeness (QED) is 0.812. The number of carboxylic acid groups (broad SMARTS) is 1. The highest BCUT2D eigenvalue weighted by Gasteiger charge is 2.41. The van der Waals surface area contributed by atoms with Crippen molar-refractivity contribution in [1.82, 2.24) is 4.90 Å². The second kappa shape index (κ2) is 6.56. The van der Waals surface area contributed by atoms with Gasteiger partial charge in [-0.15, -0.1) is 0 Å². The monoisotopic (exact) mass is 336 g/mol. The summed E-state index contributed by atoms with van der Waals surface area (Å²) >= 11 is 0. The fraction of sp³-hybridized carbons (Fsp3) is 0.438. The smallest absolute Gasteiger partial charge is 0.334 e. The highest BCUT2D eigenvalue weighted by molar-refractivity contribution is 6.09. The number of ether oxygens (including phenoxy) is 1. The topological polar surface area (TPSA) is 87.2 Å². The van der Waals surface area contributed by atoms with Gasteiger partial charge >= 0.3 is 5.97 Å². The maximum Gasteiger partial charge on any atom is 0.334 e. The van der Waals surface area contributed by atoms with Crippen molar-refractivity contribution in [2.45, 2.75) is 12.5 Å². The molecular weight excluding hydrogens is 319 g/mol. The summed E-state index contributed by atoms with van der Waals surface area (Å²) in [5.74, 6) is -3.07. The number of aliphatic carboxylic acids is 1. The highest BCUT2D eigenvalue weighted by atomic mass is 19.1. The minimum atomic E-state index is -1.13. The lowest BCUT2D eigenvalue weighted by atomic mass is 10.1. The van der Waals surface area contributed by atoms with Crippen LogP contribution in [0, 0.1) is 11.7 Å². The van der Waals surface area contributed by atoms with Crippen LogP contribution >= 0.6 is 0 Å². The van der Waals surface area contributed by atoms with Crippen molar-refractivity contribution in [2.75, 3.05) is 31.1 Å². The molecule has 0 bridgehead atoms. The second-order valence-electron chi connectivity index (χ2n) is 5.79. The van der Waals surface area contributed by atoms with Gasteiger partial charge in [-0.25, -0.2) is 9.18 Å². The van der Waals surface area contributed by atoms with Gasteiger partial charge in [0.1, 0.15) is 11.7 Å². The van der Waals surface area contributed by atoms with Crippen molar-refractivity contribution in [2.24, 2.45) is 5.92 Å². The Bertz CT molecular complexity index is 663. The first-order chi connectivity index (χ1) is 11.5. The third kappa shape index (κ3) is 3.09. The summed E-state index contributed by atoms with van der Waals surface area (Å²) in [6, 6.07) is 5.51. The van der Waals surface area contributed by atoms with Crippen LogP contribution in [-0.2, 0) is 19.1 Å². The molecule has 1 aromatic carbocycles. The van der Waals surface area contributed by atoms with Gasteiger partial charge in [0.15, 0.2) is 6.10 Å². The predicted molar refractivity (Wildman–Crippen MR) is 80.8 cm³/mol. The summed E-state index contributed by atoms with van der Waals surface area (Å²) in [6.45, 7) is 0.705. The molecule has 2 aliphatic rings. The van der Waals surface area contributed by atoms with Crippen LogP contribution in [-0.4, -0.2) is 60.1 Å². The van der Waals surface area contributed by atoms with Gasteiger partial charge in [0.2, 0.25) is 11.8 Å². The summed E-state index contributed by atoms with van der Waals surface area (Å²) < 4.78 is 18.1. The Balaban J connectivity index is 1.69. The van der Waals surface area contributed by atoms with Gasteiger partial charge in [0, 0.05) is 18.8 Å². The molecule has 2 saturated heterocycles. The van der Waals surface area contributed by atoms with Gasteiger partial charge in [-0.05, 0) is 30.7 Å². The van der Waals surface area contributed by atoms with E-state index in [0.717, 1.165) is 0 Å². The fourth-order valence-electron chi connectivity index (χ4n) is 3.01. The maximum atomic E-state index is 13.0. The van der Waals surface area contributed by atoms with Crippen LogP contribution in [0.1, 0.15) is 6.42 Å². The van der Waals surface area contributed by atoms with E-state index in [4.69, 9.17) is 9.84 Å². The standard InChI is InChI=1S/C16H17FN2O5/c17-10-1-3-11(4-2-10)19-6-5-12(15(19)21)14(20)18-7-8-24-13(9-18)16(22)23/h1-4,12-13H,5-9H2,(H,22,23). The van der Waals surface area contributed by atoms with E-state index in [1.54, 1.807) is 0 Å². The Hall–Kier alpha value is -2.48. The van der Waals surface area contributed by atoms with E-state index in [-0.39, 0.29) is 31.5 Å². The fourth-order valence-corrected chi connectivity index (χ4v) is 3.01. The van der Waals surface area contributed by atoms with E-state index < -0.39 is 23.8 Å². The van der Waals surface area contributed by atoms with Gasteiger partial charge in [-0.1, -0.05) is 0 Å². The summed E-state index contributed by atoms with van der Waals surface area (Å²) in [6.07, 6.45) is -0.711. The number of amides is 2. The number of hydrogen-bond donors (Lipinski definition) is 1. The van der Waals surface area contributed by atoms with Crippen molar-refractivity contribution in [3.05, 3.63) is 30.1 Å². The molecule has 2 amide bonds. The van der Waals surface area contributed by atoms with Crippen molar-refractivity contribution < 1.29 is 28.6 Å². The van der Waals surface area contributed by atoms with Gasteiger partial charge in [0.25, 0.3) is 0 Å². The normalized spacial score (nSPS) is 24.3. The van der Waals surface area contributed by atoms with E-state index in [9.17, 15) is 18.8 Å². The molecule has 24 heavy (non-hydrogen) atoms. The van der Waals surface area contributed by atoms with Crippen LogP contribution in [0.2, 0.25) is 0 Å². The van der Waals surface area contributed by atoms with Crippen LogP contribution in [0.3, 0.4) is 0 Å². The third-order valence-corrected chi connectivity index (χ3v) is 4.30. The second-order valence-corrected chi connectivity index (χ2v) is 5.79. The summed E-state index contributed by atoms with van der Waals surface area (Å²) in [4.78, 5) is 38.9. The molecular formula is C16H17FN2O5. The molecule has 1 N–H and O–H groups in total. The number of benzene rings is 1. The number of rotatable bonds is 3. The number of morpholine rings is 1. The summed E-state index contributed by atoms with van der Waals surface area (Å²) in [7, 11) is 0. The van der Waals surface area contributed by atoms with Crippen molar-refractivity contribution in [3.63, 3.8) is 0 Å². The lowest BCUT2D eigenvalue weighted by molar-refractivity contribution is -0.160. The molecule has 2 atom stereocenters. The van der Waals surface area contributed by atoms with Crippen LogP contribution in [0.5, 0.6) is 0 Å². The first-order valence-electron chi connectivity index (χ1n) is 7.67. The molecule has 7 nitrogen and oxygen atoms in total. The first-order valence-corrected chi connectivity index (χ1v) is 7.67. The minimum absolute atomic E-state index is 0.0610. The van der Waals surface area contributed by atoms with Crippen molar-refractivity contribution in [3.8, 4) is 0 Å². The molecule has 0 saturated carbocycles. The Morgan fingerprint density at radius 1 is 1.21 bits per heavy atom. The maximum absolute atomic E-state index is 13.0. The number of nitrogens with zero attached hydrogens (tertiary/aromatic N) is 2. The molecule has 128 valence electrons. The number of halogens is 1. The molecule has 3 rings (SSSR count). The average Bonchev–Trinajstić information content (AvgIpc) is 2.96. The Labute approximate surface area is 137 Å². The van der Waals surface area contributed by atoms with Gasteiger partial charge in [0.05, 0.1) is 13.2 Å². The largest absolute Gasteiger partial charge is 0.479 e. The molecule has 2 heterocycles. The summed E-state index contributed by atoms with van der Waals surface area (Å²) in [5.41, 5.74) is 0.544. The van der Waals surface area contributed by atoms with Crippen molar-refractivity contribution in [1.29, 1.82) is 0 Å². The average molecular weight is 336 g/mol. The van der Waals surface area contributed by atoms with Crippen LogP contribution in [0.25, 0.3) is 0 Å². The zero-order valence-electron chi connectivity index (χ0n) is 12.9. The minimum Gasteiger partial charge on any atom is -0.479 e. The van der Waals surface area contributed by atoms with Gasteiger partial charge < -0.3 is 19.6 Å². The number of carboxylic acids is 1. The summed E-state index contributed by atoms with van der Waals surface area (Å²) in [5, 5.41) is 9.00. The zero-order chi connectivity index (χ0) is 17.3. The van der Waals surface area contributed by atoms with E-state index in [2.05, 4.69) is 0 Å². The molecule has 2 unspecified atom stereocenters. The number of anilines is 1. The lowest BCUT2D eigenvalue weighted by Crippen LogP contribution is -2.51. The first kappa shape index (κ1) is 16.4. The van der Waals surface area contributed by atoms with Crippen LogP contribution in [0.4, 0.5) is 10.1 Å². The highest BCUT2D eigenvalue weighted by Crippen LogP contribution is 2.27. The molecule has 2 aliphatic heterocycles. The molecule has 0 spiro atoms. The predicted octanol–water partition coefficient (Wildman–Crippen LogP) is 0.491. The van der Waals surface area contributed by atoms with Crippen molar-refractivity contribution >= 4 is 23.5 Å². The molecule has 0 aliphatic carbocycles. The lowest BCUT2D eigenvalue weighted by Gasteiger charge is -2.32. The van der Waals surface area contributed by atoms with Crippen LogP contribution < -0.4 is 4.90 Å². The Kier molecular flexibility index (Phi) is 4.48. The van der Waals surface area contributed by atoms with E-state index in [1.807, 2.05) is 0 Å². The van der Waals surface area contributed by atoms with E-state index in [0.29, 0.717) is 18.7 Å². The zero-order valence-corrected chi connectivity index (χ0v) is 12.9. The van der Waals surface area contributed by atoms with Crippen LogP contribution in [0.15, 0.2) is 24.3 Å². The van der Waals surface area contributed by atoms with Gasteiger partial charge in [-0.3, -0.25) is 9.59 Å². The molecule has 8 heteroatoms. The molecule has 1 aromatic rings. The SMILES string of the molecule is O=C(O)C1CN(C(=O)C2CCN(c3ccc(F)cc3)C2=O)CCO1. The molecule has 2 fully saturated rings. The molecule has 0 aromatic heterocycles. The Morgan fingerprint density at radius 3 is 2.58 bits per heavy atom. The van der Waals surface area contributed by atoms with E-state index >= 15 is 0 Å². The number of carbonyl (C=O) groups excluding carboxylic acids is 2. The van der Waals surface area contributed by atoms with E-state index in [1.165, 1.54) is 34.1 Å².